The van der Waals surface area contributed by atoms with E-state index in [9.17, 15) is 0 Å². The summed E-state index contributed by atoms with van der Waals surface area (Å²) in [5.41, 5.74) is 0.583. The van der Waals surface area contributed by atoms with Crippen molar-refractivity contribution in [3.8, 4) is 6.07 Å². The standard InChI is InChI=1S/C11H13BrN4/c12-9-4-8(5-13)11(15-6-9)16-10-2-1-3-14-7-10/h4,6,10,14H,1-3,7H2,(H,15,16)/t10-/m1/s1. The van der Waals surface area contributed by atoms with E-state index in [1.165, 1.54) is 0 Å². The van der Waals surface area contributed by atoms with Gasteiger partial charge in [-0.15, -0.1) is 0 Å². The van der Waals surface area contributed by atoms with Crippen molar-refractivity contribution in [2.24, 2.45) is 0 Å². The molecule has 4 nitrogen and oxygen atoms in total. The molecule has 2 N–H and O–H groups in total. The van der Waals surface area contributed by atoms with Crippen LogP contribution in [0.2, 0.25) is 0 Å². The molecule has 1 aromatic heterocycles. The van der Waals surface area contributed by atoms with Gasteiger partial charge in [0.1, 0.15) is 11.9 Å². The molecular formula is C11H13BrN4. The van der Waals surface area contributed by atoms with E-state index in [2.05, 4.69) is 37.6 Å². The lowest BCUT2D eigenvalue weighted by Gasteiger charge is -2.24. The molecule has 16 heavy (non-hydrogen) atoms. The molecule has 0 aliphatic carbocycles. The number of aromatic nitrogens is 1. The molecule has 1 saturated heterocycles. The van der Waals surface area contributed by atoms with Crippen molar-refractivity contribution in [2.75, 3.05) is 18.4 Å². The summed E-state index contributed by atoms with van der Waals surface area (Å²) in [6.07, 6.45) is 3.99. The van der Waals surface area contributed by atoms with Crippen LogP contribution < -0.4 is 10.6 Å². The zero-order valence-electron chi connectivity index (χ0n) is 8.83. The predicted octanol–water partition coefficient (Wildman–Crippen LogP) is 1.88. The number of pyridine rings is 1. The van der Waals surface area contributed by atoms with Crippen LogP contribution in [-0.2, 0) is 0 Å². The van der Waals surface area contributed by atoms with Crippen LogP contribution in [0.5, 0.6) is 0 Å². The zero-order valence-corrected chi connectivity index (χ0v) is 10.4. The largest absolute Gasteiger partial charge is 0.365 e. The smallest absolute Gasteiger partial charge is 0.144 e. The van der Waals surface area contributed by atoms with Crippen LogP contribution in [0, 0.1) is 11.3 Å². The molecule has 1 aromatic rings. The maximum Gasteiger partial charge on any atom is 0.144 e. The molecule has 0 unspecified atom stereocenters. The van der Waals surface area contributed by atoms with E-state index < -0.39 is 0 Å². The van der Waals surface area contributed by atoms with Crippen molar-refractivity contribution in [3.05, 3.63) is 22.3 Å². The molecule has 0 amide bonds. The summed E-state index contributed by atoms with van der Waals surface area (Å²) in [5.74, 6) is 0.680. The Hall–Kier alpha value is -1.12. The highest BCUT2D eigenvalue weighted by Gasteiger charge is 2.14. The van der Waals surface area contributed by atoms with Crippen LogP contribution >= 0.6 is 15.9 Å². The number of hydrogen-bond donors (Lipinski definition) is 2. The van der Waals surface area contributed by atoms with Gasteiger partial charge in [-0.1, -0.05) is 0 Å². The normalized spacial score (nSPS) is 20.1. The SMILES string of the molecule is N#Cc1cc(Br)cnc1N[C@@H]1CCCNC1. The van der Waals surface area contributed by atoms with E-state index in [-0.39, 0.29) is 0 Å². The summed E-state index contributed by atoms with van der Waals surface area (Å²) in [4.78, 5) is 4.23. The van der Waals surface area contributed by atoms with Crippen molar-refractivity contribution in [1.29, 1.82) is 5.26 Å². The van der Waals surface area contributed by atoms with E-state index in [0.29, 0.717) is 17.4 Å². The number of nitriles is 1. The molecule has 0 spiro atoms. The first-order valence-corrected chi connectivity index (χ1v) is 6.12. The van der Waals surface area contributed by atoms with E-state index in [1.807, 2.05) is 0 Å². The minimum absolute atomic E-state index is 0.370. The predicted molar refractivity (Wildman–Crippen MR) is 66.2 cm³/mol. The molecule has 1 fully saturated rings. The Morgan fingerprint density at radius 1 is 1.62 bits per heavy atom. The summed E-state index contributed by atoms with van der Waals surface area (Å²) in [5, 5.41) is 15.6. The van der Waals surface area contributed by atoms with Crippen LogP contribution in [-0.4, -0.2) is 24.1 Å². The van der Waals surface area contributed by atoms with Gasteiger partial charge in [0.15, 0.2) is 0 Å². The van der Waals surface area contributed by atoms with Crippen LogP contribution in [0.25, 0.3) is 0 Å². The fourth-order valence-corrected chi connectivity index (χ4v) is 2.14. The molecule has 0 bridgehead atoms. The van der Waals surface area contributed by atoms with Gasteiger partial charge in [-0.25, -0.2) is 4.98 Å². The van der Waals surface area contributed by atoms with Gasteiger partial charge in [-0.2, -0.15) is 5.26 Å². The average molecular weight is 281 g/mol. The van der Waals surface area contributed by atoms with Crippen LogP contribution in [0.4, 0.5) is 5.82 Å². The Morgan fingerprint density at radius 2 is 2.50 bits per heavy atom. The van der Waals surface area contributed by atoms with Crippen LogP contribution in [0.15, 0.2) is 16.7 Å². The van der Waals surface area contributed by atoms with Gasteiger partial charge in [0.2, 0.25) is 0 Å². The lowest BCUT2D eigenvalue weighted by atomic mass is 10.1. The maximum absolute atomic E-state index is 9.01. The van der Waals surface area contributed by atoms with Gasteiger partial charge >= 0.3 is 0 Å². The first-order valence-electron chi connectivity index (χ1n) is 5.32. The third-order valence-corrected chi connectivity index (χ3v) is 3.05. The van der Waals surface area contributed by atoms with Crippen molar-refractivity contribution in [1.82, 2.24) is 10.3 Å². The second kappa shape index (κ2) is 5.28. The van der Waals surface area contributed by atoms with Crippen LogP contribution in [0.1, 0.15) is 18.4 Å². The lowest BCUT2D eigenvalue weighted by molar-refractivity contribution is 0.479. The van der Waals surface area contributed by atoms with Crippen LogP contribution in [0.3, 0.4) is 0 Å². The Balaban J connectivity index is 2.11. The molecule has 1 atom stereocenters. The quantitative estimate of drug-likeness (QED) is 0.869. The third kappa shape index (κ3) is 2.71. The van der Waals surface area contributed by atoms with Gasteiger partial charge in [0.05, 0.1) is 5.56 Å². The van der Waals surface area contributed by atoms with Crippen molar-refractivity contribution < 1.29 is 0 Å². The fraction of sp³-hybridized carbons (Fsp3) is 0.455. The second-order valence-corrected chi connectivity index (χ2v) is 4.76. The number of nitrogens with one attached hydrogen (secondary N) is 2. The summed E-state index contributed by atoms with van der Waals surface area (Å²) in [6, 6.07) is 4.30. The number of nitrogens with zero attached hydrogens (tertiary/aromatic N) is 2. The Bertz CT molecular complexity index is 407. The number of anilines is 1. The summed E-state index contributed by atoms with van der Waals surface area (Å²) in [6.45, 7) is 2.01. The van der Waals surface area contributed by atoms with Crippen molar-refractivity contribution in [3.63, 3.8) is 0 Å². The van der Waals surface area contributed by atoms with Crippen molar-refractivity contribution >= 4 is 21.7 Å². The average Bonchev–Trinajstić information content (AvgIpc) is 2.33. The lowest BCUT2D eigenvalue weighted by Crippen LogP contribution is -2.38. The molecule has 0 saturated carbocycles. The number of rotatable bonds is 2. The summed E-state index contributed by atoms with van der Waals surface area (Å²) < 4.78 is 0.830. The molecular weight excluding hydrogens is 268 g/mol. The Morgan fingerprint density at radius 3 is 3.19 bits per heavy atom. The van der Waals surface area contributed by atoms with E-state index in [1.54, 1.807) is 12.3 Å². The van der Waals surface area contributed by atoms with Crippen molar-refractivity contribution in [2.45, 2.75) is 18.9 Å². The molecule has 1 aliphatic rings. The first-order chi connectivity index (χ1) is 7.79. The van der Waals surface area contributed by atoms with Gasteiger partial charge in [0.25, 0.3) is 0 Å². The van der Waals surface area contributed by atoms with Gasteiger partial charge in [-0.3, -0.25) is 0 Å². The molecule has 1 aliphatic heterocycles. The Labute approximate surface area is 103 Å². The van der Waals surface area contributed by atoms with E-state index in [0.717, 1.165) is 30.4 Å². The van der Waals surface area contributed by atoms with E-state index >= 15 is 0 Å². The summed E-state index contributed by atoms with van der Waals surface area (Å²) >= 11 is 3.31. The van der Waals surface area contributed by atoms with Gasteiger partial charge in [0, 0.05) is 23.3 Å². The molecule has 2 heterocycles. The minimum atomic E-state index is 0.370. The fourth-order valence-electron chi connectivity index (χ4n) is 1.81. The number of halogens is 1. The number of piperidine rings is 1. The molecule has 84 valence electrons. The van der Waals surface area contributed by atoms with Gasteiger partial charge in [-0.05, 0) is 41.4 Å². The monoisotopic (exact) mass is 280 g/mol. The number of hydrogen-bond acceptors (Lipinski definition) is 4. The molecule has 0 aromatic carbocycles. The third-order valence-electron chi connectivity index (χ3n) is 2.61. The highest BCUT2D eigenvalue weighted by Crippen LogP contribution is 2.18. The maximum atomic E-state index is 9.01. The highest BCUT2D eigenvalue weighted by atomic mass is 79.9. The topological polar surface area (TPSA) is 60.7 Å². The first kappa shape index (κ1) is 11.4. The molecule has 0 radical (unpaired) electrons. The molecule has 2 rings (SSSR count). The Kier molecular flexibility index (Phi) is 3.75. The zero-order chi connectivity index (χ0) is 11.4. The molecule has 5 heteroatoms. The highest BCUT2D eigenvalue weighted by molar-refractivity contribution is 9.10. The second-order valence-electron chi connectivity index (χ2n) is 3.85. The van der Waals surface area contributed by atoms with Gasteiger partial charge < -0.3 is 10.6 Å². The summed E-state index contributed by atoms with van der Waals surface area (Å²) in [7, 11) is 0. The van der Waals surface area contributed by atoms with E-state index in [4.69, 9.17) is 5.26 Å². The minimum Gasteiger partial charge on any atom is -0.365 e.